The number of rotatable bonds is 6. The Kier molecular flexibility index (Phi) is 5.83. The maximum atomic E-state index is 13.0. The van der Waals surface area contributed by atoms with Crippen LogP contribution in [0.3, 0.4) is 0 Å². The minimum absolute atomic E-state index is 0.0483. The van der Waals surface area contributed by atoms with Gasteiger partial charge in [-0.2, -0.15) is 0 Å². The van der Waals surface area contributed by atoms with Gasteiger partial charge in [-0.15, -0.1) is 0 Å². The predicted molar refractivity (Wildman–Crippen MR) is 127 cm³/mol. The number of carbonyl (C=O) groups is 1. The molecule has 0 saturated heterocycles. The van der Waals surface area contributed by atoms with E-state index in [4.69, 9.17) is 9.72 Å². The molecule has 33 heavy (non-hydrogen) atoms. The Bertz CT molecular complexity index is 1390. The largest absolute Gasteiger partial charge is 0.490 e. The number of carbonyl (C=O) groups excluding carboxylic acids is 1. The van der Waals surface area contributed by atoms with Gasteiger partial charge < -0.3 is 14.5 Å². The number of nitro groups is 1. The van der Waals surface area contributed by atoms with Crippen LogP contribution in [-0.2, 0) is 11.2 Å². The summed E-state index contributed by atoms with van der Waals surface area (Å²) in [6.07, 6.45) is 1.94. The molecular weight excluding hydrogens is 420 g/mol. The molecule has 0 unspecified atom stereocenters. The highest BCUT2D eigenvalue weighted by molar-refractivity contribution is 5.93. The third kappa shape index (κ3) is 4.27. The van der Waals surface area contributed by atoms with E-state index in [-0.39, 0.29) is 23.8 Å². The van der Waals surface area contributed by atoms with Crippen molar-refractivity contribution in [2.75, 3.05) is 12.4 Å². The van der Waals surface area contributed by atoms with E-state index in [9.17, 15) is 14.9 Å². The molecule has 2 aromatic carbocycles. The van der Waals surface area contributed by atoms with Crippen LogP contribution in [0.5, 0.6) is 5.75 Å². The Morgan fingerprint density at radius 2 is 1.88 bits per heavy atom. The molecule has 0 bridgehead atoms. The molecule has 2 aromatic heterocycles. The molecule has 4 rings (SSSR count). The third-order valence-electron chi connectivity index (χ3n) is 5.71. The first-order valence-corrected chi connectivity index (χ1v) is 10.4. The zero-order valence-electron chi connectivity index (χ0n) is 18.9. The van der Waals surface area contributed by atoms with Crippen molar-refractivity contribution in [2.24, 2.45) is 0 Å². The summed E-state index contributed by atoms with van der Waals surface area (Å²) in [6.45, 7) is 6.07. The number of anilines is 1. The van der Waals surface area contributed by atoms with E-state index in [0.717, 1.165) is 33.7 Å². The quantitative estimate of drug-likeness (QED) is 0.332. The Hall–Kier alpha value is -4.20. The summed E-state index contributed by atoms with van der Waals surface area (Å²) < 4.78 is 6.95. The summed E-state index contributed by atoms with van der Waals surface area (Å²) in [5.74, 6) is -0.171. The highest BCUT2D eigenvalue weighted by Gasteiger charge is 2.20. The van der Waals surface area contributed by atoms with Crippen LogP contribution in [0.4, 0.5) is 11.4 Å². The molecule has 0 spiro atoms. The van der Waals surface area contributed by atoms with E-state index in [2.05, 4.69) is 18.3 Å². The number of hydrogen-bond donors (Lipinski definition) is 1. The fraction of sp³-hybridized carbons (Fsp3) is 0.200. The van der Waals surface area contributed by atoms with E-state index in [0.29, 0.717) is 5.69 Å². The number of hydrogen-bond acceptors (Lipinski definition) is 5. The molecule has 0 aliphatic carbocycles. The van der Waals surface area contributed by atoms with Crippen LogP contribution in [0.25, 0.3) is 16.9 Å². The average Bonchev–Trinajstić information content (AvgIpc) is 3.15. The first-order valence-electron chi connectivity index (χ1n) is 10.4. The van der Waals surface area contributed by atoms with Crippen LogP contribution in [0.1, 0.15) is 22.4 Å². The van der Waals surface area contributed by atoms with E-state index in [1.165, 1.54) is 24.8 Å². The maximum Gasteiger partial charge on any atom is 0.312 e. The molecule has 1 N–H and O–H groups in total. The van der Waals surface area contributed by atoms with Crippen LogP contribution in [0, 0.1) is 30.9 Å². The number of aromatic nitrogens is 2. The number of nitrogens with one attached hydrogen (secondary N) is 1. The normalized spacial score (nSPS) is 10.9. The fourth-order valence-corrected chi connectivity index (χ4v) is 3.81. The topological polar surface area (TPSA) is 98.8 Å². The summed E-state index contributed by atoms with van der Waals surface area (Å²) in [5, 5.41) is 14.1. The minimum Gasteiger partial charge on any atom is -0.490 e. The van der Waals surface area contributed by atoms with E-state index in [1.807, 2.05) is 48.7 Å². The lowest BCUT2D eigenvalue weighted by molar-refractivity contribution is -0.385. The number of ether oxygens (including phenoxy) is 1. The van der Waals surface area contributed by atoms with Crippen molar-refractivity contribution in [3.05, 3.63) is 87.2 Å². The van der Waals surface area contributed by atoms with Crippen molar-refractivity contribution in [1.29, 1.82) is 0 Å². The first kappa shape index (κ1) is 22.0. The van der Waals surface area contributed by atoms with Gasteiger partial charge >= 0.3 is 5.69 Å². The minimum atomic E-state index is -0.542. The number of aryl methyl sites for hydroxylation is 3. The van der Waals surface area contributed by atoms with Crippen molar-refractivity contribution >= 4 is 22.9 Å². The molecule has 168 valence electrons. The van der Waals surface area contributed by atoms with Gasteiger partial charge in [-0.3, -0.25) is 14.9 Å². The number of benzene rings is 2. The lowest BCUT2D eigenvalue weighted by Crippen LogP contribution is -2.16. The molecule has 0 atom stereocenters. The molecule has 2 heterocycles. The van der Waals surface area contributed by atoms with Gasteiger partial charge in [0.25, 0.3) is 0 Å². The molecule has 0 saturated carbocycles. The van der Waals surface area contributed by atoms with Crippen molar-refractivity contribution < 1.29 is 14.5 Å². The van der Waals surface area contributed by atoms with Gasteiger partial charge in [0.1, 0.15) is 5.65 Å². The van der Waals surface area contributed by atoms with Crippen LogP contribution < -0.4 is 10.1 Å². The SMILES string of the molecule is COc1ccc(NC(=O)Cc2c(-c3ccc(C)c(C)c3)nc3c(C)cccn23)cc1[N+](=O)[O-]. The summed E-state index contributed by atoms with van der Waals surface area (Å²) in [7, 11) is 1.36. The monoisotopic (exact) mass is 444 g/mol. The van der Waals surface area contributed by atoms with E-state index < -0.39 is 4.92 Å². The number of fused-ring (bicyclic) bond motifs is 1. The molecule has 8 nitrogen and oxygen atoms in total. The smallest absolute Gasteiger partial charge is 0.312 e. The Morgan fingerprint density at radius 3 is 2.58 bits per heavy atom. The highest BCUT2D eigenvalue weighted by atomic mass is 16.6. The Balaban J connectivity index is 1.71. The molecule has 0 aliphatic heterocycles. The molecule has 4 aromatic rings. The number of pyridine rings is 1. The van der Waals surface area contributed by atoms with Gasteiger partial charge in [-0.25, -0.2) is 4.98 Å². The molecule has 1 amide bonds. The lowest BCUT2D eigenvalue weighted by Gasteiger charge is -2.09. The van der Waals surface area contributed by atoms with Gasteiger partial charge in [-0.05, 0) is 61.7 Å². The van der Waals surface area contributed by atoms with E-state index in [1.54, 1.807) is 6.07 Å². The van der Waals surface area contributed by atoms with Crippen molar-refractivity contribution in [3.8, 4) is 17.0 Å². The second kappa shape index (κ2) is 8.74. The average molecular weight is 444 g/mol. The second-order valence-electron chi connectivity index (χ2n) is 7.96. The summed E-state index contributed by atoms with van der Waals surface area (Å²) >= 11 is 0. The molecular formula is C25H24N4O4. The number of nitro benzene ring substituents is 1. The maximum absolute atomic E-state index is 13.0. The molecule has 8 heteroatoms. The standard InChI is InChI=1S/C25H24N4O4/c1-15-7-8-18(12-17(15)3)24-21(28-11-5-6-16(2)25(28)27-24)14-23(30)26-19-9-10-22(33-4)20(13-19)29(31)32/h5-13H,14H2,1-4H3,(H,26,30). The first-order chi connectivity index (χ1) is 15.8. The van der Waals surface area contributed by atoms with Crippen LogP contribution in [0.15, 0.2) is 54.7 Å². The van der Waals surface area contributed by atoms with Crippen LogP contribution in [-0.4, -0.2) is 27.3 Å². The van der Waals surface area contributed by atoms with Gasteiger partial charge in [-0.1, -0.05) is 18.2 Å². The number of amides is 1. The summed E-state index contributed by atoms with van der Waals surface area (Å²) in [4.78, 5) is 28.6. The Morgan fingerprint density at radius 1 is 1.09 bits per heavy atom. The van der Waals surface area contributed by atoms with Gasteiger partial charge in [0.2, 0.25) is 5.91 Å². The van der Waals surface area contributed by atoms with Gasteiger partial charge in [0, 0.05) is 23.5 Å². The number of methoxy groups -OCH3 is 1. The van der Waals surface area contributed by atoms with Gasteiger partial charge in [0.05, 0.1) is 29.8 Å². The number of imidazole rings is 1. The summed E-state index contributed by atoms with van der Waals surface area (Å²) in [6, 6.07) is 14.4. The second-order valence-corrected chi connectivity index (χ2v) is 7.96. The number of nitrogens with zero attached hydrogens (tertiary/aromatic N) is 3. The highest BCUT2D eigenvalue weighted by Crippen LogP contribution is 2.31. The van der Waals surface area contributed by atoms with Crippen LogP contribution >= 0.6 is 0 Å². The fourth-order valence-electron chi connectivity index (χ4n) is 3.81. The van der Waals surface area contributed by atoms with Crippen molar-refractivity contribution in [3.63, 3.8) is 0 Å². The van der Waals surface area contributed by atoms with Crippen LogP contribution in [0.2, 0.25) is 0 Å². The summed E-state index contributed by atoms with van der Waals surface area (Å²) in [5.41, 5.74) is 6.64. The molecule has 0 aliphatic rings. The van der Waals surface area contributed by atoms with Crippen molar-refractivity contribution in [1.82, 2.24) is 9.38 Å². The Labute approximate surface area is 191 Å². The lowest BCUT2D eigenvalue weighted by atomic mass is 10.0. The molecule has 0 radical (unpaired) electrons. The predicted octanol–water partition coefficient (Wildman–Crippen LogP) is 5.02. The zero-order chi connectivity index (χ0) is 23.7. The molecule has 0 fully saturated rings. The third-order valence-corrected chi connectivity index (χ3v) is 5.71. The van der Waals surface area contributed by atoms with E-state index >= 15 is 0 Å². The van der Waals surface area contributed by atoms with Crippen molar-refractivity contribution in [2.45, 2.75) is 27.2 Å². The zero-order valence-corrected chi connectivity index (χ0v) is 18.9. The van der Waals surface area contributed by atoms with Gasteiger partial charge in [0.15, 0.2) is 5.75 Å².